The summed E-state index contributed by atoms with van der Waals surface area (Å²) < 4.78 is 59.3. The molecule has 0 saturated carbocycles. The van der Waals surface area contributed by atoms with Gasteiger partial charge in [0.1, 0.15) is 12.2 Å². The smallest absolute Gasteiger partial charge is 0.333 e. The standard InChI is InChI=1S/C22H29ClN2O5S.C9H13NO4S/c1-13(2)18-10-16(23)11-19(14(3)4)21(18)24-22(27)25-31(28,29)17-8-6-7-15(9-17)20(26)12-30-5;1-14-6-9(11)7-3-2-4-8(5-7)15(10,12)13/h6-11,13-14,20,26H,12H2,1-5H3,(H2,24,25,27);2-5,9,11H,6H2,1H3,(H2,10,12,13). The lowest BCUT2D eigenvalue weighted by Gasteiger charge is -2.21. The predicted octanol–water partition coefficient (Wildman–Crippen LogP) is 4.79. The largest absolute Gasteiger partial charge is 0.386 e. The van der Waals surface area contributed by atoms with Gasteiger partial charge in [-0.05, 0) is 70.5 Å². The zero-order valence-corrected chi connectivity index (χ0v) is 28.9. The van der Waals surface area contributed by atoms with E-state index in [1.54, 1.807) is 24.3 Å². The fraction of sp³-hybridized carbons (Fsp3) is 0.387. The number of hydrogen-bond donors (Lipinski definition) is 5. The number of methoxy groups -OCH3 is 2. The van der Waals surface area contributed by atoms with Gasteiger partial charge < -0.3 is 25.0 Å². The number of rotatable bonds is 12. The molecule has 0 aliphatic carbocycles. The molecule has 0 aliphatic rings. The van der Waals surface area contributed by atoms with E-state index in [2.05, 4.69) is 5.32 Å². The van der Waals surface area contributed by atoms with Crippen molar-refractivity contribution in [1.82, 2.24) is 4.72 Å². The summed E-state index contributed by atoms with van der Waals surface area (Å²) in [4.78, 5) is 12.5. The summed E-state index contributed by atoms with van der Waals surface area (Å²) in [6.07, 6.45) is -1.83. The van der Waals surface area contributed by atoms with Crippen LogP contribution < -0.4 is 15.2 Å². The Labute approximate surface area is 276 Å². The fourth-order valence-corrected chi connectivity index (χ4v) is 6.09. The summed E-state index contributed by atoms with van der Waals surface area (Å²) in [7, 11) is -5.01. The van der Waals surface area contributed by atoms with E-state index in [1.165, 1.54) is 50.6 Å². The Morgan fingerprint density at radius 1 is 0.804 bits per heavy atom. The van der Waals surface area contributed by atoms with E-state index < -0.39 is 38.3 Å². The molecule has 0 aromatic heterocycles. The molecule has 6 N–H and O–H groups in total. The van der Waals surface area contributed by atoms with Gasteiger partial charge in [-0.2, -0.15) is 0 Å². The summed E-state index contributed by atoms with van der Waals surface area (Å²) >= 11 is 6.24. The molecule has 0 aliphatic heterocycles. The second kappa shape index (κ2) is 17.2. The maximum atomic E-state index is 12.8. The average molecular weight is 700 g/mol. The number of aliphatic hydroxyl groups is 2. The molecule has 2 unspecified atom stereocenters. The van der Waals surface area contributed by atoms with Gasteiger partial charge in [0.15, 0.2) is 0 Å². The van der Waals surface area contributed by atoms with Crippen LogP contribution in [0.3, 0.4) is 0 Å². The number of anilines is 1. The van der Waals surface area contributed by atoms with Crippen LogP contribution in [0.2, 0.25) is 5.02 Å². The van der Waals surface area contributed by atoms with Gasteiger partial charge in [-0.25, -0.2) is 31.5 Å². The van der Waals surface area contributed by atoms with Crippen molar-refractivity contribution in [3.8, 4) is 0 Å². The van der Waals surface area contributed by atoms with E-state index in [-0.39, 0.29) is 34.8 Å². The lowest BCUT2D eigenvalue weighted by molar-refractivity contribution is 0.0642. The summed E-state index contributed by atoms with van der Waals surface area (Å²) in [5.74, 6) is 0.115. The van der Waals surface area contributed by atoms with Crippen LogP contribution in [0, 0.1) is 0 Å². The molecule has 46 heavy (non-hydrogen) atoms. The Morgan fingerprint density at radius 3 is 1.65 bits per heavy atom. The number of urea groups is 1. The first kappa shape index (κ1) is 39.1. The lowest BCUT2D eigenvalue weighted by atomic mass is 9.92. The second-order valence-electron chi connectivity index (χ2n) is 11.0. The highest BCUT2D eigenvalue weighted by Gasteiger charge is 2.23. The van der Waals surface area contributed by atoms with E-state index in [0.29, 0.717) is 21.8 Å². The van der Waals surface area contributed by atoms with E-state index >= 15 is 0 Å². The highest BCUT2D eigenvalue weighted by molar-refractivity contribution is 7.90. The molecule has 0 fully saturated rings. The molecule has 0 spiro atoms. The maximum absolute atomic E-state index is 12.8. The van der Waals surface area contributed by atoms with E-state index in [4.69, 9.17) is 26.2 Å². The van der Waals surface area contributed by atoms with Crippen molar-refractivity contribution < 1.29 is 41.3 Å². The molecular formula is C31H42ClN3O9S2. The molecule has 0 saturated heterocycles. The number of benzene rings is 3. The van der Waals surface area contributed by atoms with Gasteiger partial charge >= 0.3 is 6.03 Å². The molecule has 3 rings (SSSR count). The number of amides is 2. The van der Waals surface area contributed by atoms with Crippen LogP contribution in [0.4, 0.5) is 10.5 Å². The van der Waals surface area contributed by atoms with Crippen LogP contribution in [-0.2, 0) is 29.5 Å². The third kappa shape index (κ3) is 11.3. The third-order valence-corrected chi connectivity index (χ3v) is 9.11. The Balaban J connectivity index is 0.000000410. The molecule has 3 aromatic carbocycles. The minimum atomic E-state index is -4.16. The zero-order valence-electron chi connectivity index (χ0n) is 26.5. The number of carbonyl (C=O) groups is 1. The topological polar surface area (TPSA) is 194 Å². The van der Waals surface area contributed by atoms with E-state index in [0.717, 1.165) is 11.1 Å². The quantitative estimate of drug-likeness (QED) is 0.177. The molecule has 0 heterocycles. The van der Waals surface area contributed by atoms with Gasteiger partial charge in [0.2, 0.25) is 10.0 Å². The molecule has 2 amide bonds. The number of carbonyl (C=O) groups excluding carboxylic acids is 1. The Hall–Kier alpha value is -3.08. The highest BCUT2D eigenvalue weighted by Crippen LogP contribution is 2.35. The fourth-order valence-electron chi connectivity index (χ4n) is 4.32. The van der Waals surface area contributed by atoms with Gasteiger partial charge in [-0.15, -0.1) is 0 Å². The van der Waals surface area contributed by atoms with Gasteiger partial charge in [0.25, 0.3) is 10.0 Å². The molecule has 3 aromatic rings. The monoisotopic (exact) mass is 699 g/mol. The second-order valence-corrected chi connectivity index (χ2v) is 14.6. The summed E-state index contributed by atoms with van der Waals surface area (Å²) in [6.45, 7) is 7.98. The van der Waals surface area contributed by atoms with E-state index in [1.807, 2.05) is 32.4 Å². The first-order chi connectivity index (χ1) is 21.4. The number of sulfonamides is 2. The highest BCUT2D eigenvalue weighted by atomic mass is 35.5. The maximum Gasteiger partial charge on any atom is 0.333 e. The Kier molecular flexibility index (Phi) is 14.6. The summed E-state index contributed by atoms with van der Waals surface area (Å²) in [6, 6.07) is 14.2. The van der Waals surface area contributed by atoms with Crippen molar-refractivity contribution in [2.45, 2.75) is 61.5 Å². The van der Waals surface area contributed by atoms with Crippen molar-refractivity contribution in [3.63, 3.8) is 0 Å². The SMILES string of the molecule is COCC(O)c1cccc(S(=O)(=O)NC(=O)Nc2c(C(C)C)cc(Cl)cc2C(C)C)c1.COCC(O)c1cccc(S(N)(=O)=O)c1. The van der Waals surface area contributed by atoms with Gasteiger partial charge in [-0.3, -0.25) is 0 Å². The normalized spacial score (nSPS) is 13.1. The molecule has 12 nitrogen and oxygen atoms in total. The third-order valence-electron chi connectivity index (χ3n) is 6.65. The minimum Gasteiger partial charge on any atom is -0.386 e. The van der Waals surface area contributed by atoms with Crippen molar-refractivity contribution in [1.29, 1.82) is 0 Å². The predicted molar refractivity (Wildman–Crippen MR) is 177 cm³/mol. The number of primary sulfonamides is 1. The average Bonchev–Trinajstić information content (AvgIpc) is 2.97. The number of hydrogen-bond acceptors (Lipinski definition) is 9. The molecule has 0 bridgehead atoms. The number of ether oxygens (including phenoxy) is 2. The van der Waals surface area contributed by atoms with Crippen LogP contribution in [0.15, 0.2) is 70.5 Å². The Morgan fingerprint density at radius 2 is 1.24 bits per heavy atom. The van der Waals surface area contributed by atoms with Crippen LogP contribution >= 0.6 is 11.6 Å². The van der Waals surface area contributed by atoms with Gasteiger partial charge in [0.05, 0.1) is 23.0 Å². The summed E-state index contributed by atoms with van der Waals surface area (Å²) in [5, 5.41) is 27.8. The van der Waals surface area contributed by atoms with Gasteiger partial charge in [-0.1, -0.05) is 63.6 Å². The molecule has 15 heteroatoms. The lowest BCUT2D eigenvalue weighted by Crippen LogP contribution is -2.35. The van der Waals surface area contributed by atoms with Crippen LogP contribution in [0.25, 0.3) is 0 Å². The van der Waals surface area contributed by atoms with Crippen LogP contribution in [0.5, 0.6) is 0 Å². The van der Waals surface area contributed by atoms with Crippen molar-refractivity contribution in [2.75, 3.05) is 32.8 Å². The molecule has 0 radical (unpaired) electrons. The Bertz CT molecular complexity index is 1670. The molecule has 254 valence electrons. The molecular weight excluding hydrogens is 658 g/mol. The van der Waals surface area contributed by atoms with Crippen molar-refractivity contribution in [3.05, 3.63) is 87.9 Å². The van der Waals surface area contributed by atoms with E-state index in [9.17, 15) is 31.8 Å². The van der Waals surface area contributed by atoms with Crippen molar-refractivity contribution >= 4 is 43.4 Å². The van der Waals surface area contributed by atoms with Gasteiger partial charge in [0, 0.05) is 24.9 Å². The van der Waals surface area contributed by atoms with Crippen molar-refractivity contribution in [2.24, 2.45) is 5.14 Å². The molecule has 2 atom stereocenters. The minimum absolute atomic E-state index is 0.0178. The van der Waals surface area contributed by atoms with Crippen LogP contribution in [-0.4, -0.2) is 60.5 Å². The van der Waals surface area contributed by atoms with Crippen LogP contribution in [0.1, 0.15) is 74.0 Å². The zero-order chi connectivity index (χ0) is 34.8. The summed E-state index contributed by atoms with van der Waals surface area (Å²) in [5.41, 5.74) is 3.00. The number of halogens is 1. The number of aliphatic hydroxyl groups excluding tert-OH is 2. The number of nitrogens with two attached hydrogens (primary N) is 1. The number of nitrogens with one attached hydrogen (secondary N) is 2. The first-order valence-electron chi connectivity index (χ1n) is 14.1. The first-order valence-corrected chi connectivity index (χ1v) is 17.6.